The van der Waals surface area contributed by atoms with Crippen molar-refractivity contribution in [1.29, 1.82) is 0 Å². The van der Waals surface area contributed by atoms with E-state index in [0.29, 0.717) is 0 Å². The molecule has 11 heteroatoms. The minimum atomic E-state index is -1.12. The molecule has 8 N–H and O–H groups in total. The van der Waals surface area contributed by atoms with Crippen LogP contribution in [-0.4, -0.2) is 52.9 Å². The molecule has 0 unspecified atom stereocenters. The van der Waals surface area contributed by atoms with Crippen molar-refractivity contribution < 1.29 is 55.1 Å². The van der Waals surface area contributed by atoms with Crippen molar-refractivity contribution in [3.05, 3.63) is 59.2 Å². The predicted octanol–water partition coefficient (Wildman–Crippen LogP) is 2.63. The summed E-state index contributed by atoms with van der Waals surface area (Å²) < 4.78 is 11.3. The molecule has 3 aromatic carbocycles. The maximum absolute atomic E-state index is 12.6. The Balaban J connectivity index is 1.65. The van der Waals surface area contributed by atoms with Crippen molar-refractivity contribution >= 4 is 12.0 Å². The molecule has 0 amide bonds. The Labute approximate surface area is 197 Å². The molecule has 0 aromatic heterocycles. The third-order valence-electron chi connectivity index (χ3n) is 5.36. The van der Waals surface area contributed by atoms with Gasteiger partial charge in [-0.25, -0.2) is 4.79 Å². The zero-order valence-electron chi connectivity index (χ0n) is 17.8. The summed E-state index contributed by atoms with van der Waals surface area (Å²) in [5.74, 6) is -5.34. The lowest BCUT2D eigenvalue weighted by atomic mass is 9.93. The maximum atomic E-state index is 12.6. The van der Waals surface area contributed by atoms with Crippen molar-refractivity contribution in [2.75, 3.05) is 0 Å². The molecule has 35 heavy (non-hydrogen) atoms. The summed E-state index contributed by atoms with van der Waals surface area (Å²) in [6.45, 7) is 0. The molecule has 0 bridgehead atoms. The van der Waals surface area contributed by atoms with Gasteiger partial charge in [-0.2, -0.15) is 0 Å². The lowest BCUT2D eigenvalue weighted by molar-refractivity contribution is -0.149. The van der Waals surface area contributed by atoms with E-state index in [1.165, 1.54) is 12.1 Å². The lowest BCUT2D eigenvalue weighted by Gasteiger charge is -2.33. The molecule has 1 aliphatic rings. The predicted molar refractivity (Wildman–Crippen MR) is 119 cm³/mol. The fourth-order valence-corrected chi connectivity index (χ4v) is 3.70. The van der Waals surface area contributed by atoms with Crippen LogP contribution in [-0.2, 0) is 16.0 Å². The zero-order valence-corrected chi connectivity index (χ0v) is 17.8. The number of hydrogen-bond donors (Lipinski definition) is 8. The Kier molecular flexibility index (Phi) is 5.83. The topological polar surface area (TPSA) is 197 Å². The quantitative estimate of drug-likeness (QED) is 0.154. The zero-order chi connectivity index (χ0) is 25.4. The second-order valence-corrected chi connectivity index (χ2v) is 7.81. The molecule has 182 valence electrons. The van der Waals surface area contributed by atoms with Crippen LogP contribution in [0.3, 0.4) is 0 Å². The van der Waals surface area contributed by atoms with Crippen LogP contribution in [0.4, 0.5) is 0 Å². The van der Waals surface area contributed by atoms with Crippen LogP contribution < -0.4 is 4.74 Å². The van der Waals surface area contributed by atoms with Crippen LogP contribution in [0, 0.1) is 0 Å². The standard InChI is InChI=1S/C24H20O11/c25-12-7-14(26)13-9-20(34-21(31)2-1-10-3-15(27)22(32)16(28)4-10)24(35-19(13)8-12)11-5-17(29)23(33)18(30)6-11/h1-8,20,24-30,32-33H,9H2/b2-1+/t20-,24-/m1/s1. The minimum absolute atomic E-state index is 0.0745. The highest BCUT2D eigenvalue weighted by Gasteiger charge is 2.36. The highest BCUT2D eigenvalue weighted by Crippen LogP contribution is 2.45. The fourth-order valence-electron chi connectivity index (χ4n) is 3.70. The molecule has 11 nitrogen and oxygen atoms in total. The Hall–Kier alpha value is -4.93. The molecular weight excluding hydrogens is 464 g/mol. The van der Waals surface area contributed by atoms with Gasteiger partial charge in [0.25, 0.3) is 0 Å². The molecule has 0 saturated heterocycles. The van der Waals surface area contributed by atoms with E-state index < -0.39 is 52.7 Å². The van der Waals surface area contributed by atoms with Gasteiger partial charge >= 0.3 is 5.97 Å². The summed E-state index contributed by atoms with van der Waals surface area (Å²) in [4.78, 5) is 12.6. The Morgan fingerprint density at radius 2 is 1.37 bits per heavy atom. The van der Waals surface area contributed by atoms with Crippen LogP contribution in [0.1, 0.15) is 22.8 Å². The minimum Gasteiger partial charge on any atom is -0.508 e. The molecule has 4 rings (SSSR count). The van der Waals surface area contributed by atoms with Gasteiger partial charge in [0.1, 0.15) is 23.4 Å². The number of carbonyl (C=O) groups excluding carboxylic acids is 1. The monoisotopic (exact) mass is 484 g/mol. The van der Waals surface area contributed by atoms with Crippen LogP contribution in [0.25, 0.3) is 6.08 Å². The highest BCUT2D eigenvalue weighted by atomic mass is 16.6. The Morgan fingerprint density at radius 1 is 0.800 bits per heavy atom. The van der Waals surface area contributed by atoms with Gasteiger partial charge in [0.15, 0.2) is 40.6 Å². The number of benzene rings is 3. The second kappa shape index (κ2) is 8.78. The molecular formula is C24H20O11. The molecule has 0 radical (unpaired) electrons. The van der Waals surface area contributed by atoms with Crippen molar-refractivity contribution in [2.45, 2.75) is 18.6 Å². The maximum Gasteiger partial charge on any atom is 0.331 e. The molecule has 0 saturated carbocycles. The van der Waals surface area contributed by atoms with Gasteiger partial charge in [-0.1, -0.05) is 0 Å². The van der Waals surface area contributed by atoms with E-state index in [1.54, 1.807) is 0 Å². The molecule has 0 spiro atoms. The van der Waals surface area contributed by atoms with Crippen molar-refractivity contribution in [3.8, 4) is 51.7 Å². The number of carbonyl (C=O) groups is 1. The summed E-state index contributed by atoms with van der Waals surface area (Å²) in [5, 5.41) is 78.1. The summed E-state index contributed by atoms with van der Waals surface area (Å²) in [5.41, 5.74) is 0.543. The van der Waals surface area contributed by atoms with Gasteiger partial charge in [-0.3, -0.25) is 0 Å². The number of rotatable bonds is 4. The first-order chi connectivity index (χ1) is 16.5. The van der Waals surface area contributed by atoms with Crippen molar-refractivity contribution in [1.82, 2.24) is 0 Å². The molecule has 3 aromatic rings. The van der Waals surface area contributed by atoms with Crippen LogP contribution >= 0.6 is 0 Å². The Bertz CT molecular complexity index is 1300. The van der Waals surface area contributed by atoms with E-state index >= 15 is 0 Å². The summed E-state index contributed by atoms with van der Waals surface area (Å²) in [6.07, 6.45) is -0.100. The van der Waals surface area contributed by atoms with E-state index in [-0.39, 0.29) is 40.4 Å². The largest absolute Gasteiger partial charge is 0.508 e. The van der Waals surface area contributed by atoms with Gasteiger partial charge in [0.2, 0.25) is 0 Å². The fraction of sp³-hybridized carbons (Fsp3) is 0.125. The van der Waals surface area contributed by atoms with E-state index in [4.69, 9.17) is 9.47 Å². The van der Waals surface area contributed by atoms with E-state index in [0.717, 1.165) is 36.4 Å². The first kappa shape index (κ1) is 23.2. The molecule has 0 aliphatic carbocycles. The first-order valence-electron chi connectivity index (χ1n) is 10.1. The number of esters is 1. The van der Waals surface area contributed by atoms with Crippen molar-refractivity contribution in [3.63, 3.8) is 0 Å². The van der Waals surface area contributed by atoms with E-state index in [2.05, 4.69) is 0 Å². The van der Waals surface area contributed by atoms with Crippen LogP contribution in [0.15, 0.2) is 42.5 Å². The van der Waals surface area contributed by atoms with Gasteiger partial charge in [-0.05, 0) is 35.9 Å². The number of ether oxygens (including phenoxy) is 2. The summed E-state index contributed by atoms with van der Waals surface area (Å²) in [7, 11) is 0. The lowest BCUT2D eigenvalue weighted by Crippen LogP contribution is -2.34. The van der Waals surface area contributed by atoms with Gasteiger partial charge in [-0.15, -0.1) is 0 Å². The average Bonchev–Trinajstić information content (AvgIpc) is 2.79. The van der Waals surface area contributed by atoms with Gasteiger partial charge in [0.05, 0.1) is 0 Å². The van der Waals surface area contributed by atoms with Crippen molar-refractivity contribution in [2.24, 2.45) is 0 Å². The summed E-state index contributed by atoms with van der Waals surface area (Å²) >= 11 is 0. The molecule has 2 atom stereocenters. The highest BCUT2D eigenvalue weighted by molar-refractivity contribution is 5.87. The van der Waals surface area contributed by atoms with Crippen LogP contribution in [0.5, 0.6) is 51.7 Å². The number of phenolic OH excluding ortho intramolecular Hbond substituents is 8. The molecule has 1 aliphatic heterocycles. The third-order valence-corrected chi connectivity index (χ3v) is 5.36. The smallest absolute Gasteiger partial charge is 0.331 e. The third kappa shape index (κ3) is 4.60. The number of fused-ring (bicyclic) bond motifs is 1. The molecule has 0 fully saturated rings. The number of phenols is 8. The van der Waals surface area contributed by atoms with Gasteiger partial charge < -0.3 is 50.3 Å². The van der Waals surface area contributed by atoms with Gasteiger partial charge in [0, 0.05) is 35.8 Å². The number of aromatic hydroxyl groups is 8. The van der Waals surface area contributed by atoms with E-state index in [1.807, 2.05) is 0 Å². The van der Waals surface area contributed by atoms with E-state index in [9.17, 15) is 45.6 Å². The Morgan fingerprint density at radius 3 is 1.97 bits per heavy atom. The van der Waals surface area contributed by atoms with Crippen LogP contribution in [0.2, 0.25) is 0 Å². The normalized spacial score (nSPS) is 17.0. The second-order valence-electron chi connectivity index (χ2n) is 7.81. The first-order valence-corrected chi connectivity index (χ1v) is 10.1. The number of hydrogen-bond acceptors (Lipinski definition) is 11. The molecule has 1 heterocycles. The average molecular weight is 484 g/mol. The summed E-state index contributed by atoms with van der Waals surface area (Å²) in [6, 6.07) is 6.74. The SMILES string of the molecule is O=C(/C=C/c1cc(O)c(O)c(O)c1)O[C@@H]1Cc2c(O)cc(O)cc2O[C@@H]1c1cc(O)c(O)c(O)c1.